The summed E-state index contributed by atoms with van der Waals surface area (Å²) in [6.45, 7) is 0. The molecule has 1 N–H and O–H groups in total. The SMILES string of the molecule is O=C(N/N=C\c1cccc(OC(=O)c2ccc(Cl)cc2)c1)c1cccc(Br)c1. The maximum absolute atomic E-state index is 12.2. The van der Waals surface area contributed by atoms with E-state index in [0.29, 0.717) is 27.5 Å². The van der Waals surface area contributed by atoms with Gasteiger partial charge < -0.3 is 4.74 Å². The average molecular weight is 458 g/mol. The molecule has 1 amide bonds. The Morgan fingerprint density at radius 1 is 0.964 bits per heavy atom. The number of hydrogen-bond donors (Lipinski definition) is 1. The van der Waals surface area contributed by atoms with Crippen molar-refractivity contribution in [3.8, 4) is 5.75 Å². The van der Waals surface area contributed by atoms with Gasteiger partial charge in [0.1, 0.15) is 5.75 Å². The van der Waals surface area contributed by atoms with Crippen LogP contribution in [-0.2, 0) is 0 Å². The number of amides is 1. The zero-order valence-corrected chi connectivity index (χ0v) is 16.8. The number of carbonyl (C=O) groups excluding carboxylic acids is 2. The summed E-state index contributed by atoms with van der Waals surface area (Å²) in [6.07, 6.45) is 1.47. The number of hydrogen-bond acceptors (Lipinski definition) is 4. The Labute approximate surface area is 175 Å². The van der Waals surface area contributed by atoms with Gasteiger partial charge in [-0.2, -0.15) is 5.10 Å². The van der Waals surface area contributed by atoms with Crippen LogP contribution in [0.2, 0.25) is 5.02 Å². The number of esters is 1. The predicted octanol–water partition coefficient (Wildman–Crippen LogP) is 5.09. The summed E-state index contributed by atoms with van der Waals surface area (Å²) >= 11 is 9.13. The van der Waals surface area contributed by atoms with Crippen LogP contribution in [0.1, 0.15) is 26.3 Å². The first-order valence-corrected chi connectivity index (χ1v) is 9.35. The van der Waals surface area contributed by atoms with E-state index in [4.69, 9.17) is 16.3 Å². The van der Waals surface area contributed by atoms with Gasteiger partial charge in [-0.05, 0) is 60.2 Å². The van der Waals surface area contributed by atoms with Gasteiger partial charge in [0, 0.05) is 15.1 Å². The van der Waals surface area contributed by atoms with Crippen molar-refractivity contribution in [1.29, 1.82) is 0 Å². The van der Waals surface area contributed by atoms with Crippen LogP contribution in [0, 0.1) is 0 Å². The van der Waals surface area contributed by atoms with E-state index in [1.807, 2.05) is 6.07 Å². The predicted molar refractivity (Wildman–Crippen MR) is 112 cm³/mol. The summed E-state index contributed by atoms with van der Waals surface area (Å²) in [6, 6.07) is 20.2. The molecule has 0 saturated heterocycles. The Bertz CT molecular complexity index is 1040. The molecule has 140 valence electrons. The van der Waals surface area contributed by atoms with Crippen molar-refractivity contribution in [3.05, 3.63) is 99.0 Å². The van der Waals surface area contributed by atoms with Gasteiger partial charge in [-0.15, -0.1) is 0 Å². The Hall–Kier alpha value is -2.96. The number of carbonyl (C=O) groups is 2. The molecule has 0 aliphatic rings. The van der Waals surface area contributed by atoms with Crippen LogP contribution in [0.15, 0.2) is 82.4 Å². The molecular weight excluding hydrogens is 444 g/mol. The lowest BCUT2D eigenvalue weighted by atomic mass is 10.2. The van der Waals surface area contributed by atoms with Crippen LogP contribution in [-0.4, -0.2) is 18.1 Å². The highest BCUT2D eigenvalue weighted by Gasteiger charge is 2.09. The van der Waals surface area contributed by atoms with Crippen LogP contribution in [0.3, 0.4) is 0 Å². The molecule has 0 spiro atoms. The van der Waals surface area contributed by atoms with Crippen molar-refractivity contribution in [2.45, 2.75) is 0 Å². The second-order valence-electron chi connectivity index (χ2n) is 5.68. The minimum Gasteiger partial charge on any atom is -0.423 e. The Kier molecular flexibility index (Phi) is 6.57. The number of rotatable bonds is 5. The average Bonchev–Trinajstić information content (AvgIpc) is 2.68. The number of halogens is 2. The summed E-state index contributed by atoms with van der Waals surface area (Å²) in [5.41, 5.74) is 4.00. The Morgan fingerprint density at radius 3 is 2.46 bits per heavy atom. The minimum atomic E-state index is -0.492. The van der Waals surface area contributed by atoms with Gasteiger partial charge in [-0.25, -0.2) is 10.2 Å². The molecule has 5 nitrogen and oxygen atoms in total. The molecule has 0 aliphatic heterocycles. The monoisotopic (exact) mass is 456 g/mol. The highest BCUT2D eigenvalue weighted by molar-refractivity contribution is 9.10. The fourth-order valence-corrected chi connectivity index (χ4v) is 2.80. The van der Waals surface area contributed by atoms with Crippen molar-refractivity contribution >= 4 is 45.6 Å². The van der Waals surface area contributed by atoms with Gasteiger partial charge in [0.05, 0.1) is 11.8 Å². The van der Waals surface area contributed by atoms with Crippen LogP contribution < -0.4 is 10.2 Å². The summed E-state index contributed by atoms with van der Waals surface area (Å²) in [5, 5.41) is 4.48. The van der Waals surface area contributed by atoms with Gasteiger partial charge >= 0.3 is 5.97 Å². The van der Waals surface area contributed by atoms with Crippen LogP contribution in [0.4, 0.5) is 0 Å². The van der Waals surface area contributed by atoms with E-state index >= 15 is 0 Å². The smallest absolute Gasteiger partial charge is 0.343 e. The minimum absolute atomic E-state index is 0.331. The zero-order valence-electron chi connectivity index (χ0n) is 14.4. The molecule has 0 aromatic heterocycles. The Morgan fingerprint density at radius 2 is 1.71 bits per heavy atom. The third-order valence-corrected chi connectivity index (χ3v) is 4.36. The van der Waals surface area contributed by atoms with E-state index in [1.165, 1.54) is 6.21 Å². The first-order chi connectivity index (χ1) is 13.5. The third kappa shape index (κ3) is 5.52. The van der Waals surface area contributed by atoms with Crippen molar-refractivity contribution in [1.82, 2.24) is 5.43 Å². The molecular formula is C21H14BrClN2O3. The van der Waals surface area contributed by atoms with Crippen molar-refractivity contribution in [2.75, 3.05) is 0 Å². The van der Waals surface area contributed by atoms with Crippen LogP contribution in [0.5, 0.6) is 5.75 Å². The zero-order chi connectivity index (χ0) is 19.9. The Balaban J connectivity index is 1.62. The van der Waals surface area contributed by atoms with Gasteiger partial charge in [0.2, 0.25) is 0 Å². The largest absolute Gasteiger partial charge is 0.423 e. The van der Waals surface area contributed by atoms with Crippen LogP contribution >= 0.6 is 27.5 Å². The number of hydrazone groups is 1. The fourth-order valence-electron chi connectivity index (χ4n) is 2.27. The molecule has 0 aliphatic carbocycles. The fraction of sp³-hybridized carbons (Fsp3) is 0. The third-order valence-electron chi connectivity index (χ3n) is 3.62. The first-order valence-electron chi connectivity index (χ1n) is 8.18. The molecule has 0 radical (unpaired) electrons. The second-order valence-corrected chi connectivity index (χ2v) is 7.03. The van der Waals surface area contributed by atoms with E-state index in [1.54, 1.807) is 66.7 Å². The van der Waals surface area contributed by atoms with E-state index in [9.17, 15) is 9.59 Å². The number of ether oxygens (including phenoxy) is 1. The molecule has 0 saturated carbocycles. The molecule has 3 aromatic rings. The molecule has 3 aromatic carbocycles. The van der Waals surface area contributed by atoms with Crippen LogP contribution in [0.25, 0.3) is 0 Å². The van der Waals surface area contributed by atoms with Gasteiger partial charge in [-0.3, -0.25) is 4.79 Å². The van der Waals surface area contributed by atoms with Gasteiger partial charge in [-0.1, -0.05) is 45.7 Å². The summed E-state index contributed by atoms with van der Waals surface area (Å²) < 4.78 is 6.16. The van der Waals surface area contributed by atoms with Gasteiger partial charge in [0.25, 0.3) is 5.91 Å². The lowest BCUT2D eigenvalue weighted by Gasteiger charge is -2.05. The molecule has 3 rings (SSSR count). The first kappa shape index (κ1) is 19.8. The quantitative estimate of drug-likeness (QED) is 0.251. The van der Waals surface area contributed by atoms with Crippen molar-refractivity contribution in [3.63, 3.8) is 0 Å². The van der Waals surface area contributed by atoms with Crippen molar-refractivity contribution in [2.24, 2.45) is 5.10 Å². The molecule has 0 atom stereocenters. The second kappa shape index (κ2) is 9.30. The number of nitrogens with one attached hydrogen (secondary N) is 1. The van der Waals surface area contributed by atoms with Gasteiger partial charge in [0.15, 0.2) is 0 Å². The van der Waals surface area contributed by atoms with Crippen molar-refractivity contribution < 1.29 is 14.3 Å². The molecule has 0 unspecified atom stereocenters. The van der Waals surface area contributed by atoms with E-state index in [2.05, 4.69) is 26.5 Å². The highest BCUT2D eigenvalue weighted by atomic mass is 79.9. The molecule has 0 fully saturated rings. The summed E-state index contributed by atoms with van der Waals surface area (Å²) in [5.74, 6) is -0.459. The topological polar surface area (TPSA) is 67.8 Å². The van der Waals surface area contributed by atoms with E-state index < -0.39 is 5.97 Å². The standard InChI is InChI=1S/C21H14BrClN2O3/c22-17-5-2-4-16(12-17)20(26)25-24-13-14-3-1-6-19(11-14)28-21(27)15-7-9-18(23)10-8-15/h1-13H,(H,25,26)/b24-13-. The highest BCUT2D eigenvalue weighted by Crippen LogP contribution is 2.16. The maximum Gasteiger partial charge on any atom is 0.343 e. The molecule has 7 heteroatoms. The van der Waals surface area contributed by atoms with E-state index in [0.717, 1.165) is 4.47 Å². The molecule has 0 heterocycles. The number of nitrogens with zero attached hydrogens (tertiary/aromatic N) is 1. The summed E-state index contributed by atoms with van der Waals surface area (Å²) in [4.78, 5) is 24.2. The lowest BCUT2D eigenvalue weighted by molar-refractivity contribution is 0.0734. The number of benzene rings is 3. The summed E-state index contributed by atoms with van der Waals surface area (Å²) in [7, 11) is 0. The normalized spacial score (nSPS) is 10.6. The maximum atomic E-state index is 12.2. The van der Waals surface area contributed by atoms with E-state index in [-0.39, 0.29) is 5.91 Å². The molecule has 0 bridgehead atoms. The molecule has 28 heavy (non-hydrogen) atoms. The lowest BCUT2D eigenvalue weighted by Crippen LogP contribution is -2.17.